The van der Waals surface area contributed by atoms with Crippen LogP contribution in [-0.4, -0.2) is 10.9 Å². The van der Waals surface area contributed by atoms with Crippen molar-refractivity contribution >= 4 is 22.4 Å². The molecule has 0 bridgehead atoms. The molecule has 2 aliphatic rings. The van der Waals surface area contributed by atoms with Crippen molar-refractivity contribution in [3.8, 4) is 0 Å². The standard InChI is InChI=1S/C15H22N2OS/c1-10-7-8-12-13(9-10)19-15(16-12)17-14(18)11-5-3-2-4-6-11/h10-11H,2-9H2,1H3,(H,16,17,18). The number of nitrogens with zero attached hydrogens (tertiary/aromatic N) is 1. The molecule has 1 aromatic heterocycles. The van der Waals surface area contributed by atoms with Gasteiger partial charge in [-0.05, 0) is 38.0 Å². The highest BCUT2D eigenvalue weighted by atomic mass is 32.1. The highest BCUT2D eigenvalue weighted by Gasteiger charge is 2.24. The van der Waals surface area contributed by atoms with Crippen molar-refractivity contribution in [1.82, 2.24) is 4.98 Å². The molecule has 1 aromatic rings. The molecule has 1 heterocycles. The van der Waals surface area contributed by atoms with Crippen molar-refractivity contribution in [3.05, 3.63) is 10.6 Å². The van der Waals surface area contributed by atoms with Gasteiger partial charge in [0.25, 0.3) is 0 Å². The summed E-state index contributed by atoms with van der Waals surface area (Å²) in [4.78, 5) is 18.2. The molecular formula is C15H22N2OS. The Morgan fingerprint density at radius 1 is 1.26 bits per heavy atom. The number of aryl methyl sites for hydroxylation is 1. The Labute approximate surface area is 118 Å². The van der Waals surface area contributed by atoms with Gasteiger partial charge in [-0.15, -0.1) is 11.3 Å². The number of rotatable bonds is 2. The molecular weight excluding hydrogens is 256 g/mol. The zero-order chi connectivity index (χ0) is 13.2. The van der Waals surface area contributed by atoms with Gasteiger partial charge in [0.05, 0.1) is 5.69 Å². The van der Waals surface area contributed by atoms with E-state index in [9.17, 15) is 4.79 Å². The normalized spacial score (nSPS) is 23.9. The van der Waals surface area contributed by atoms with Crippen molar-refractivity contribution < 1.29 is 4.79 Å². The van der Waals surface area contributed by atoms with Gasteiger partial charge in [0.1, 0.15) is 0 Å². The van der Waals surface area contributed by atoms with Gasteiger partial charge < -0.3 is 5.32 Å². The van der Waals surface area contributed by atoms with Crippen LogP contribution in [0.15, 0.2) is 0 Å². The first-order chi connectivity index (χ1) is 9.22. The van der Waals surface area contributed by atoms with E-state index in [1.165, 1.54) is 36.3 Å². The van der Waals surface area contributed by atoms with Crippen LogP contribution < -0.4 is 5.32 Å². The van der Waals surface area contributed by atoms with Gasteiger partial charge in [0.2, 0.25) is 5.91 Å². The number of anilines is 1. The van der Waals surface area contributed by atoms with Crippen LogP contribution in [0.2, 0.25) is 0 Å². The summed E-state index contributed by atoms with van der Waals surface area (Å²) < 4.78 is 0. The van der Waals surface area contributed by atoms with E-state index in [4.69, 9.17) is 0 Å². The first kappa shape index (κ1) is 13.1. The number of carbonyl (C=O) groups excluding carboxylic acids is 1. The lowest BCUT2D eigenvalue weighted by Crippen LogP contribution is -2.24. The molecule has 1 N–H and O–H groups in total. The zero-order valence-electron chi connectivity index (χ0n) is 11.6. The van der Waals surface area contributed by atoms with Gasteiger partial charge >= 0.3 is 0 Å². The third-order valence-corrected chi connectivity index (χ3v) is 5.43. The van der Waals surface area contributed by atoms with E-state index < -0.39 is 0 Å². The van der Waals surface area contributed by atoms with E-state index >= 15 is 0 Å². The number of hydrogen-bond donors (Lipinski definition) is 1. The number of amides is 1. The Morgan fingerprint density at radius 2 is 2.05 bits per heavy atom. The molecule has 1 atom stereocenters. The van der Waals surface area contributed by atoms with Gasteiger partial charge in [-0.3, -0.25) is 4.79 Å². The maximum Gasteiger partial charge on any atom is 0.229 e. The monoisotopic (exact) mass is 278 g/mol. The Morgan fingerprint density at radius 3 is 2.84 bits per heavy atom. The molecule has 2 aliphatic carbocycles. The van der Waals surface area contributed by atoms with Crippen molar-refractivity contribution in [1.29, 1.82) is 0 Å². The number of fused-ring (bicyclic) bond motifs is 1. The summed E-state index contributed by atoms with van der Waals surface area (Å²) in [5, 5.41) is 3.88. The molecule has 1 fully saturated rings. The van der Waals surface area contributed by atoms with E-state index in [0.717, 1.165) is 36.7 Å². The number of aromatic nitrogens is 1. The van der Waals surface area contributed by atoms with Crippen molar-refractivity contribution in [3.63, 3.8) is 0 Å². The lowest BCUT2D eigenvalue weighted by atomic mass is 9.89. The minimum atomic E-state index is 0.193. The summed E-state index contributed by atoms with van der Waals surface area (Å²) in [7, 11) is 0. The SMILES string of the molecule is CC1CCc2nc(NC(=O)C3CCCCC3)sc2C1. The smallest absolute Gasteiger partial charge is 0.229 e. The summed E-state index contributed by atoms with van der Waals surface area (Å²) in [5.41, 5.74) is 1.22. The molecule has 1 saturated carbocycles. The summed E-state index contributed by atoms with van der Waals surface area (Å²) in [6.07, 6.45) is 9.22. The molecule has 1 unspecified atom stereocenters. The van der Waals surface area contributed by atoms with Crippen molar-refractivity contribution in [2.24, 2.45) is 11.8 Å². The van der Waals surface area contributed by atoms with Crippen molar-refractivity contribution in [2.45, 2.75) is 58.3 Å². The van der Waals surface area contributed by atoms with E-state index in [0.29, 0.717) is 0 Å². The fraction of sp³-hybridized carbons (Fsp3) is 0.733. The third kappa shape index (κ3) is 2.99. The number of thiazole rings is 1. The Bertz CT molecular complexity index is 463. The highest BCUT2D eigenvalue weighted by Crippen LogP contribution is 2.33. The number of nitrogens with one attached hydrogen (secondary N) is 1. The molecule has 0 radical (unpaired) electrons. The van der Waals surface area contributed by atoms with Crippen LogP contribution in [0.1, 0.15) is 56.0 Å². The molecule has 3 nitrogen and oxygen atoms in total. The van der Waals surface area contributed by atoms with Crippen LogP contribution in [0.5, 0.6) is 0 Å². The van der Waals surface area contributed by atoms with E-state index in [-0.39, 0.29) is 11.8 Å². The predicted octanol–water partition coefficient (Wildman–Crippen LogP) is 3.79. The molecule has 19 heavy (non-hydrogen) atoms. The Kier molecular flexibility index (Phi) is 3.87. The van der Waals surface area contributed by atoms with E-state index in [1.54, 1.807) is 11.3 Å². The lowest BCUT2D eigenvalue weighted by Gasteiger charge is -2.19. The summed E-state index contributed by atoms with van der Waals surface area (Å²) in [5.74, 6) is 1.17. The molecule has 0 saturated heterocycles. The highest BCUT2D eigenvalue weighted by molar-refractivity contribution is 7.15. The van der Waals surface area contributed by atoms with Crippen LogP contribution in [0.4, 0.5) is 5.13 Å². The van der Waals surface area contributed by atoms with Gasteiger partial charge in [-0.2, -0.15) is 0 Å². The maximum atomic E-state index is 12.2. The lowest BCUT2D eigenvalue weighted by molar-refractivity contribution is -0.120. The van der Waals surface area contributed by atoms with Crippen LogP contribution >= 0.6 is 11.3 Å². The molecule has 0 spiro atoms. The zero-order valence-corrected chi connectivity index (χ0v) is 12.4. The minimum absolute atomic E-state index is 0.193. The van der Waals surface area contributed by atoms with E-state index in [1.807, 2.05) is 0 Å². The summed E-state index contributed by atoms with van der Waals surface area (Å²) in [6, 6.07) is 0. The summed E-state index contributed by atoms with van der Waals surface area (Å²) >= 11 is 1.69. The topological polar surface area (TPSA) is 42.0 Å². The van der Waals surface area contributed by atoms with Gasteiger partial charge in [0, 0.05) is 10.8 Å². The first-order valence-electron chi connectivity index (χ1n) is 7.52. The minimum Gasteiger partial charge on any atom is -0.302 e. The second-order valence-corrected chi connectivity index (χ2v) is 7.14. The molecule has 4 heteroatoms. The number of hydrogen-bond acceptors (Lipinski definition) is 3. The van der Waals surface area contributed by atoms with Crippen LogP contribution in [0.3, 0.4) is 0 Å². The molecule has 0 aliphatic heterocycles. The fourth-order valence-corrected chi connectivity index (χ4v) is 4.34. The van der Waals surface area contributed by atoms with Crippen LogP contribution in [0, 0.1) is 11.8 Å². The van der Waals surface area contributed by atoms with E-state index in [2.05, 4.69) is 17.2 Å². The average molecular weight is 278 g/mol. The third-order valence-electron chi connectivity index (χ3n) is 4.39. The molecule has 3 rings (SSSR count). The van der Waals surface area contributed by atoms with Gasteiger partial charge in [-0.1, -0.05) is 26.2 Å². The average Bonchev–Trinajstić information content (AvgIpc) is 2.81. The Balaban J connectivity index is 1.65. The predicted molar refractivity (Wildman–Crippen MR) is 78.5 cm³/mol. The second kappa shape index (κ2) is 5.61. The molecule has 104 valence electrons. The fourth-order valence-electron chi connectivity index (χ4n) is 3.17. The number of carbonyl (C=O) groups is 1. The summed E-state index contributed by atoms with van der Waals surface area (Å²) in [6.45, 7) is 2.29. The van der Waals surface area contributed by atoms with Crippen LogP contribution in [-0.2, 0) is 17.6 Å². The van der Waals surface area contributed by atoms with Crippen LogP contribution in [0.25, 0.3) is 0 Å². The maximum absolute atomic E-state index is 12.2. The van der Waals surface area contributed by atoms with Gasteiger partial charge in [-0.25, -0.2) is 4.98 Å². The first-order valence-corrected chi connectivity index (χ1v) is 8.33. The molecule has 0 aromatic carbocycles. The van der Waals surface area contributed by atoms with Crippen molar-refractivity contribution in [2.75, 3.05) is 5.32 Å². The second-order valence-electron chi connectivity index (χ2n) is 6.06. The largest absolute Gasteiger partial charge is 0.302 e. The quantitative estimate of drug-likeness (QED) is 0.894. The van der Waals surface area contributed by atoms with Gasteiger partial charge in [0.15, 0.2) is 5.13 Å². The molecule has 1 amide bonds. The Hall–Kier alpha value is -0.900.